The molecule has 3 aromatic rings. The lowest BCUT2D eigenvalue weighted by atomic mass is 10.2. The van der Waals surface area contributed by atoms with Crippen LogP contribution in [0.15, 0.2) is 51.7 Å². The minimum atomic E-state index is -0.0597. The Bertz CT molecular complexity index is 767. The summed E-state index contributed by atoms with van der Waals surface area (Å²) in [5.41, 5.74) is 0.983. The van der Waals surface area contributed by atoms with E-state index in [1.54, 1.807) is 12.5 Å². The number of aromatic nitrogens is 3. The molecule has 0 bridgehead atoms. The molecule has 4 heterocycles. The molecule has 0 aliphatic carbocycles. The van der Waals surface area contributed by atoms with Crippen LogP contribution in [0, 0.1) is 0 Å². The molecule has 1 fully saturated rings. The van der Waals surface area contributed by atoms with Crippen molar-refractivity contribution in [3.05, 3.63) is 66.0 Å². The van der Waals surface area contributed by atoms with Gasteiger partial charge in [0.1, 0.15) is 11.9 Å². The van der Waals surface area contributed by atoms with Crippen molar-refractivity contribution in [3.8, 4) is 0 Å². The summed E-state index contributed by atoms with van der Waals surface area (Å²) in [6.07, 6.45) is 5.39. The van der Waals surface area contributed by atoms with E-state index >= 15 is 0 Å². The van der Waals surface area contributed by atoms with Crippen molar-refractivity contribution in [1.29, 1.82) is 0 Å². The minimum absolute atomic E-state index is 0.0597. The number of pyridine rings is 1. The summed E-state index contributed by atoms with van der Waals surface area (Å²) in [6, 6.07) is 9.74. The van der Waals surface area contributed by atoms with Gasteiger partial charge in [0.2, 0.25) is 0 Å². The van der Waals surface area contributed by atoms with Crippen LogP contribution in [-0.4, -0.2) is 26.6 Å². The average Bonchev–Trinajstić information content (AvgIpc) is 3.38. The molecule has 1 aliphatic rings. The molecule has 1 aliphatic heterocycles. The van der Waals surface area contributed by atoms with Crippen LogP contribution in [0.4, 0.5) is 0 Å². The Labute approximate surface area is 145 Å². The summed E-state index contributed by atoms with van der Waals surface area (Å²) in [5.74, 6) is 2.11. The molecule has 0 saturated carbocycles. The number of hydrogen-bond acceptors (Lipinski definition) is 7. The third-order valence-corrected chi connectivity index (χ3v) is 4.13. The van der Waals surface area contributed by atoms with Gasteiger partial charge in [0.25, 0.3) is 5.89 Å². The zero-order valence-electron chi connectivity index (χ0n) is 13.9. The van der Waals surface area contributed by atoms with Gasteiger partial charge in [-0.25, -0.2) is 0 Å². The summed E-state index contributed by atoms with van der Waals surface area (Å²) in [6.45, 7) is 2.62. The summed E-state index contributed by atoms with van der Waals surface area (Å²) in [4.78, 5) is 11.1. The van der Waals surface area contributed by atoms with Crippen LogP contribution in [-0.2, 0) is 24.4 Å². The van der Waals surface area contributed by atoms with E-state index in [9.17, 15) is 0 Å². The molecule has 4 rings (SSSR count). The zero-order valence-corrected chi connectivity index (χ0v) is 13.9. The van der Waals surface area contributed by atoms with E-state index < -0.39 is 0 Å². The van der Waals surface area contributed by atoms with Gasteiger partial charge in [0, 0.05) is 19.3 Å². The van der Waals surface area contributed by atoms with Crippen LogP contribution in [0.1, 0.15) is 42.1 Å². The number of nitrogens with zero attached hydrogens (tertiary/aromatic N) is 4. The summed E-state index contributed by atoms with van der Waals surface area (Å²) >= 11 is 0. The molecule has 0 amide bonds. The lowest BCUT2D eigenvalue weighted by molar-refractivity contribution is 0.0835. The Morgan fingerprint density at radius 2 is 2.12 bits per heavy atom. The van der Waals surface area contributed by atoms with Crippen LogP contribution in [0.25, 0.3) is 0 Å². The topological polar surface area (TPSA) is 77.4 Å². The van der Waals surface area contributed by atoms with E-state index in [0.717, 1.165) is 30.9 Å². The summed E-state index contributed by atoms with van der Waals surface area (Å²) in [5, 5.41) is 4.11. The predicted molar refractivity (Wildman–Crippen MR) is 88.1 cm³/mol. The average molecular weight is 340 g/mol. The molecule has 1 saturated heterocycles. The highest BCUT2D eigenvalue weighted by molar-refractivity contribution is 5.05. The first-order valence-corrected chi connectivity index (χ1v) is 8.45. The van der Waals surface area contributed by atoms with Crippen LogP contribution in [0.2, 0.25) is 0 Å². The van der Waals surface area contributed by atoms with Crippen LogP contribution < -0.4 is 0 Å². The quantitative estimate of drug-likeness (QED) is 0.654. The number of hydrogen-bond donors (Lipinski definition) is 0. The van der Waals surface area contributed by atoms with E-state index in [1.165, 1.54) is 0 Å². The highest BCUT2D eigenvalue weighted by Crippen LogP contribution is 2.27. The van der Waals surface area contributed by atoms with Crippen molar-refractivity contribution in [1.82, 2.24) is 20.0 Å². The van der Waals surface area contributed by atoms with Gasteiger partial charge in [-0.2, -0.15) is 4.98 Å². The van der Waals surface area contributed by atoms with Gasteiger partial charge in [0.05, 0.1) is 25.0 Å². The standard InChI is InChI=1S/C18H20N4O3/c1-2-8-19-14(5-1)11-22(12-15-6-3-9-23-15)13-17-20-18(25-21-17)16-7-4-10-24-16/h1-3,5-6,8-9,16H,4,7,10-13H2/t16-/m1/s1. The molecule has 130 valence electrons. The zero-order chi connectivity index (χ0) is 16.9. The highest BCUT2D eigenvalue weighted by atomic mass is 16.5. The van der Waals surface area contributed by atoms with Crippen LogP contribution in [0.5, 0.6) is 0 Å². The van der Waals surface area contributed by atoms with Gasteiger partial charge in [-0.05, 0) is 37.1 Å². The molecule has 0 unspecified atom stereocenters. The second-order valence-electron chi connectivity index (χ2n) is 6.10. The molecular formula is C18H20N4O3. The van der Waals surface area contributed by atoms with Crippen molar-refractivity contribution in [2.24, 2.45) is 0 Å². The lowest BCUT2D eigenvalue weighted by Gasteiger charge is -2.18. The maximum absolute atomic E-state index is 5.60. The van der Waals surface area contributed by atoms with E-state index in [1.807, 2.05) is 30.3 Å². The fourth-order valence-electron chi connectivity index (χ4n) is 2.95. The second kappa shape index (κ2) is 7.58. The SMILES string of the molecule is c1ccc(CN(Cc2noc([C@H]3CCCO3)n2)Cc2ccco2)nc1. The van der Waals surface area contributed by atoms with Gasteiger partial charge in [0.15, 0.2) is 5.82 Å². The largest absolute Gasteiger partial charge is 0.468 e. The molecule has 0 spiro atoms. The molecule has 7 nitrogen and oxygen atoms in total. The van der Waals surface area contributed by atoms with Gasteiger partial charge >= 0.3 is 0 Å². The minimum Gasteiger partial charge on any atom is -0.468 e. The van der Waals surface area contributed by atoms with E-state index in [-0.39, 0.29) is 6.10 Å². The molecular weight excluding hydrogens is 320 g/mol. The third-order valence-electron chi connectivity index (χ3n) is 4.13. The Morgan fingerprint density at radius 3 is 2.88 bits per heavy atom. The van der Waals surface area contributed by atoms with Crippen molar-refractivity contribution in [3.63, 3.8) is 0 Å². The van der Waals surface area contributed by atoms with Crippen molar-refractivity contribution in [2.45, 2.75) is 38.6 Å². The Hall–Kier alpha value is -2.51. The van der Waals surface area contributed by atoms with Crippen molar-refractivity contribution in [2.75, 3.05) is 6.61 Å². The molecule has 25 heavy (non-hydrogen) atoms. The van der Waals surface area contributed by atoms with Crippen LogP contribution >= 0.6 is 0 Å². The Morgan fingerprint density at radius 1 is 1.12 bits per heavy atom. The number of rotatable bonds is 7. The lowest BCUT2D eigenvalue weighted by Crippen LogP contribution is -2.23. The van der Waals surface area contributed by atoms with E-state index in [0.29, 0.717) is 31.3 Å². The fourth-order valence-corrected chi connectivity index (χ4v) is 2.95. The van der Waals surface area contributed by atoms with E-state index in [2.05, 4.69) is 20.0 Å². The normalized spacial score (nSPS) is 17.4. The number of ether oxygens (including phenoxy) is 1. The number of furan rings is 1. The molecule has 1 atom stereocenters. The molecule has 0 N–H and O–H groups in total. The van der Waals surface area contributed by atoms with Gasteiger partial charge in [-0.3, -0.25) is 9.88 Å². The maximum Gasteiger partial charge on any atom is 0.255 e. The van der Waals surface area contributed by atoms with E-state index in [4.69, 9.17) is 13.7 Å². The second-order valence-corrected chi connectivity index (χ2v) is 6.10. The molecule has 3 aromatic heterocycles. The monoisotopic (exact) mass is 340 g/mol. The summed E-state index contributed by atoms with van der Waals surface area (Å²) < 4.78 is 16.5. The van der Waals surface area contributed by atoms with Gasteiger partial charge in [-0.1, -0.05) is 11.2 Å². The molecule has 7 heteroatoms. The fraction of sp³-hybridized carbons (Fsp3) is 0.389. The predicted octanol–water partition coefficient (Wildman–Crippen LogP) is 3.11. The van der Waals surface area contributed by atoms with Crippen molar-refractivity contribution >= 4 is 0 Å². The van der Waals surface area contributed by atoms with Gasteiger partial charge < -0.3 is 13.7 Å². The maximum atomic E-state index is 5.60. The molecule has 0 aromatic carbocycles. The summed E-state index contributed by atoms with van der Waals surface area (Å²) in [7, 11) is 0. The smallest absolute Gasteiger partial charge is 0.255 e. The van der Waals surface area contributed by atoms with Gasteiger partial charge in [-0.15, -0.1) is 0 Å². The third kappa shape index (κ3) is 4.12. The Balaban J connectivity index is 1.47. The Kier molecular flexibility index (Phi) is 4.85. The first-order chi connectivity index (χ1) is 12.4. The molecule has 0 radical (unpaired) electrons. The van der Waals surface area contributed by atoms with Crippen molar-refractivity contribution < 1.29 is 13.7 Å². The highest BCUT2D eigenvalue weighted by Gasteiger charge is 2.24. The first kappa shape index (κ1) is 16.0. The first-order valence-electron chi connectivity index (χ1n) is 8.45. The van der Waals surface area contributed by atoms with Crippen LogP contribution in [0.3, 0.4) is 0 Å².